The Morgan fingerprint density at radius 2 is 2.00 bits per heavy atom. The van der Waals surface area contributed by atoms with Crippen LogP contribution in [0.15, 0.2) is 9.90 Å². The Balaban J connectivity index is 1.58. The number of nitrogens with zero attached hydrogens (tertiary/aromatic N) is 4. The maximum Gasteiger partial charge on any atom is 0.227 e. The van der Waals surface area contributed by atoms with Gasteiger partial charge in [-0.15, -0.1) is 11.3 Å². The zero-order valence-electron chi connectivity index (χ0n) is 13.1. The van der Waals surface area contributed by atoms with Crippen LogP contribution >= 0.6 is 11.3 Å². The van der Waals surface area contributed by atoms with Crippen molar-refractivity contribution >= 4 is 22.4 Å². The van der Waals surface area contributed by atoms with Gasteiger partial charge < -0.3 is 14.3 Å². The van der Waals surface area contributed by atoms with E-state index >= 15 is 0 Å². The van der Waals surface area contributed by atoms with Gasteiger partial charge in [0, 0.05) is 37.1 Å². The molecule has 6 nitrogen and oxygen atoms in total. The normalized spacial score (nSPS) is 15.4. The second-order valence-electron chi connectivity index (χ2n) is 5.62. The summed E-state index contributed by atoms with van der Waals surface area (Å²) >= 11 is 1.66. The van der Waals surface area contributed by atoms with Gasteiger partial charge in [-0.1, -0.05) is 5.16 Å². The van der Waals surface area contributed by atoms with Gasteiger partial charge in [0.2, 0.25) is 5.91 Å². The van der Waals surface area contributed by atoms with E-state index in [1.165, 1.54) is 0 Å². The van der Waals surface area contributed by atoms with Gasteiger partial charge in [0.25, 0.3) is 0 Å². The number of carbonyl (C=O) groups excluding carboxylic acids is 1. The van der Waals surface area contributed by atoms with E-state index < -0.39 is 0 Å². The number of aromatic nitrogens is 2. The van der Waals surface area contributed by atoms with Crippen LogP contribution in [0.2, 0.25) is 0 Å². The molecule has 7 heteroatoms. The second kappa shape index (κ2) is 6.08. The van der Waals surface area contributed by atoms with Crippen molar-refractivity contribution in [2.75, 3.05) is 31.1 Å². The molecular weight excluding hydrogens is 300 g/mol. The van der Waals surface area contributed by atoms with Crippen LogP contribution in [0.5, 0.6) is 0 Å². The monoisotopic (exact) mass is 320 g/mol. The summed E-state index contributed by atoms with van der Waals surface area (Å²) in [5.74, 6) is 0.882. The Bertz CT molecular complexity index is 651. The summed E-state index contributed by atoms with van der Waals surface area (Å²) in [6.07, 6.45) is 0.373. The smallest absolute Gasteiger partial charge is 0.227 e. The summed E-state index contributed by atoms with van der Waals surface area (Å²) < 4.78 is 5.12. The number of anilines is 1. The molecule has 0 atom stereocenters. The van der Waals surface area contributed by atoms with Crippen molar-refractivity contribution < 1.29 is 9.32 Å². The molecule has 22 heavy (non-hydrogen) atoms. The van der Waals surface area contributed by atoms with E-state index in [0.717, 1.165) is 54.0 Å². The number of hydrogen-bond acceptors (Lipinski definition) is 6. The molecule has 1 saturated heterocycles. The molecule has 0 aromatic carbocycles. The molecule has 118 valence electrons. The molecule has 0 aliphatic carbocycles. The first kappa shape index (κ1) is 15.0. The fourth-order valence-corrected chi connectivity index (χ4v) is 3.51. The van der Waals surface area contributed by atoms with Crippen molar-refractivity contribution in [2.45, 2.75) is 27.2 Å². The van der Waals surface area contributed by atoms with Gasteiger partial charge in [0.05, 0.1) is 17.8 Å². The van der Waals surface area contributed by atoms with E-state index in [-0.39, 0.29) is 5.91 Å². The fraction of sp³-hybridized carbons (Fsp3) is 0.533. The van der Waals surface area contributed by atoms with Crippen LogP contribution in [0.4, 0.5) is 5.13 Å². The minimum atomic E-state index is 0.143. The summed E-state index contributed by atoms with van der Waals surface area (Å²) in [6.45, 7) is 8.87. The van der Waals surface area contributed by atoms with Gasteiger partial charge >= 0.3 is 0 Å². The topological polar surface area (TPSA) is 62.5 Å². The first-order chi connectivity index (χ1) is 10.5. The lowest BCUT2D eigenvalue weighted by Crippen LogP contribution is -2.49. The average Bonchev–Trinajstić information content (AvgIpc) is 3.08. The Hall–Kier alpha value is -1.89. The standard InChI is InChI=1S/C15H20N4O2S/c1-10-9-22-15(16-10)19-6-4-18(5-7-19)14(20)8-13-11(2)17-21-12(13)3/h9H,4-8H2,1-3H3. The molecule has 0 spiro atoms. The van der Waals surface area contributed by atoms with E-state index in [9.17, 15) is 4.79 Å². The SMILES string of the molecule is Cc1csc(N2CCN(C(=O)Cc3c(C)noc3C)CC2)n1. The largest absolute Gasteiger partial charge is 0.361 e. The van der Waals surface area contributed by atoms with E-state index in [4.69, 9.17) is 4.52 Å². The van der Waals surface area contributed by atoms with Crippen LogP contribution in [0.25, 0.3) is 0 Å². The Labute approximate surface area is 133 Å². The van der Waals surface area contributed by atoms with Crippen molar-refractivity contribution in [2.24, 2.45) is 0 Å². The summed E-state index contributed by atoms with van der Waals surface area (Å²) in [5.41, 5.74) is 2.78. The quantitative estimate of drug-likeness (QED) is 0.865. The first-order valence-corrected chi connectivity index (χ1v) is 8.29. The van der Waals surface area contributed by atoms with Gasteiger partial charge in [0.15, 0.2) is 5.13 Å². The van der Waals surface area contributed by atoms with Crippen molar-refractivity contribution in [1.82, 2.24) is 15.0 Å². The summed E-state index contributed by atoms with van der Waals surface area (Å²) in [6, 6.07) is 0. The van der Waals surface area contributed by atoms with Gasteiger partial charge in [-0.2, -0.15) is 0 Å². The van der Waals surface area contributed by atoms with Crippen LogP contribution < -0.4 is 4.90 Å². The highest BCUT2D eigenvalue weighted by molar-refractivity contribution is 7.13. The molecule has 0 saturated carbocycles. The average molecular weight is 320 g/mol. The minimum Gasteiger partial charge on any atom is -0.361 e. The third kappa shape index (κ3) is 2.99. The van der Waals surface area contributed by atoms with E-state index in [2.05, 4.69) is 20.4 Å². The molecular formula is C15H20N4O2S. The van der Waals surface area contributed by atoms with Crippen molar-refractivity contribution in [3.8, 4) is 0 Å². The minimum absolute atomic E-state index is 0.143. The number of amides is 1. The van der Waals surface area contributed by atoms with Crippen LogP contribution in [0, 0.1) is 20.8 Å². The molecule has 0 bridgehead atoms. The Kier molecular flexibility index (Phi) is 4.15. The number of piperazine rings is 1. The second-order valence-corrected chi connectivity index (χ2v) is 6.46. The van der Waals surface area contributed by atoms with Gasteiger partial charge in [-0.25, -0.2) is 4.98 Å². The molecule has 3 rings (SSSR count). The summed E-state index contributed by atoms with van der Waals surface area (Å²) in [7, 11) is 0. The number of aryl methyl sites for hydroxylation is 3. The van der Waals surface area contributed by atoms with Crippen LogP contribution in [0.1, 0.15) is 22.7 Å². The van der Waals surface area contributed by atoms with Gasteiger partial charge in [-0.3, -0.25) is 4.79 Å². The molecule has 1 amide bonds. The maximum atomic E-state index is 12.4. The van der Waals surface area contributed by atoms with Crippen LogP contribution in [0.3, 0.4) is 0 Å². The molecule has 0 N–H and O–H groups in total. The molecule has 0 unspecified atom stereocenters. The number of carbonyl (C=O) groups is 1. The lowest BCUT2D eigenvalue weighted by molar-refractivity contribution is -0.130. The van der Waals surface area contributed by atoms with E-state index in [1.807, 2.05) is 25.7 Å². The Morgan fingerprint density at radius 1 is 1.27 bits per heavy atom. The summed E-state index contributed by atoms with van der Waals surface area (Å²) in [4.78, 5) is 21.1. The number of rotatable bonds is 3. The molecule has 2 aromatic rings. The highest BCUT2D eigenvalue weighted by Gasteiger charge is 2.24. The predicted molar refractivity (Wildman–Crippen MR) is 85.3 cm³/mol. The Morgan fingerprint density at radius 3 is 2.55 bits per heavy atom. The third-order valence-corrected chi connectivity index (χ3v) is 5.04. The molecule has 0 radical (unpaired) electrons. The predicted octanol–water partition coefficient (Wildman–Crippen LogP) is 1.95. The molecule has 3 heterocycles. The fourth-order valence-electron chi connectivity index (χ4n) is 2.65. The van der Waals surface area contributed by atoms with Crippen LogP contribution in [-0.4, -0.2) is 47.1 Å². The van der Waals surface area contributed by atoms with Gasteiger partial charge in [-0.05, 0) is 20.8 Å². The first-order valence-electron chi connectivity index (χ1n) is 7.41. The number of hydrogen-bond donors (Lipinski definition) is 0. The molecule has 1 aliphatic heterocycles. The molecule has 2 aromatic heterocycles. The lowest BCUT2D eigenvalue weighted by atomic mass is 10.1. The lowest BCUT2D eigenvalue weighted by Gasteiger charge is -2.34. The zero-order chi connectivity index (χ0) is 15.7. The number of thiazole rings is 1. The molecule has 1 fully saturated rings. The van der Waals surface area contributed by atoms with E-state index in [0.29, 0.717) is 6.42 Å². The highest BCUT2D eigenvalue weighted by Crippen LogP contribution is 2.22. The van der Waals surface area contributed by atoms with Crippen molar-refractivity contribution in [3.63, 3.8) is 0 Å². The van der Waals surface area contributed by atoms with Crippen molar-refractivity contribution in [3.05, 3.63) is 28.1 Å². The zero-order valence-corrected chi connectivity index (χ0v) is 13.9. The van der Waals surface area contributed by atoms with Crippen LogP contribution in [-0.2, 0) is 11.2 Å². The third-order valence-electron chi connectivity index (χ3n) is 4.02. The highest BCUT2D eigenvalue weighted by atomic mass is 32.1. The van der Waals surface area contributed by atoms with Gasteiger partial charge in [0.1, 0.15) is 5.76 Å². The maximum absolute atomic E-state index is 12.4. The van der Waals surface area contributed by atoms with Crippen molar-refractivity contribution in [1.29, 1.82) is 0 Å². The van der Waals surface area contributed by atoms with E-state index in [1.54, 1.807) is 11.3 Å². The molecule has 1 aliphatic rings. The summed E-state index contributed by atoms with van der Waals surface area (Å²) in [5, 5.41) is 7.02.